The molecule has 0 radical (unpaired) electrons. The lowest BCUT2D eigenvalue weighted by Crippen LogP contribution is -1.52. The molecule has 0 aromatic rings. The zero-order valence-corrected chi connectivity index (χ0v) is 14.7. The molecule has 0 unspecified atom stereocenters. The van der Waals surface area contributed by atoms with Gasteiger partial charge in [0.1, 0.15) is 0 Å². The molecule has 1 heteroatoms. The van der Waals surface area contributed by atoms with E-state index in [1.165, 1.54) is 12.0 Å². The molecule has 0 amide bonds. The number of aliphatic imine (C=N–C) groups is 1. The lowest BCUT2D eigenvalue weighted by molar-refractivity contribution is 1.09. The highest BCUT2D eigenvalue weighted by Gasteiger charge is 1.60. The molecule has 0 atom stereocenters. The topological polar surface area (TPSA) is 12.4 Å². The third kappa shape index (κ3) is 270. The van der Waals surface area contributed by atoms with E-state index in [-0.39, 0.29) is 0 Å². The molecule has 0 aliphatic heterocycles. The first kappa shape index (κ1) is 30.6. The van der Waals surface area contributed by atoms with Gasteiger partial charge in [0.15, 0.2) is 0 Å². The van der Waals surface area contributed by atoms with E-state index >= 15 is 0 Å². The number of hydrogen-bond donors (Lipinski definition) is 0. The van der Waals surface area contributed by atoms with E-state index in [1.54, 1.807) is 19.3 Å². The fraction of sp³-hybridized carbons (Fsp3) is 0.500. The van der Waals surface area contributed by atoms with E-state index in [1.807, 2.05) is 20.8 Å². The van der Waals surface area contributed by atoms with Gasteiger partial charge >= 0.3 is 0 Å². The average Bonchev–Trinajstić information content (AvgIpc) is 2.42. The zero-order valence-electron chi connectivity index (χ0n) is 14.7. The molecule has 0 fully saturated rings. The number of hydrogen-bond acceptors (Lipinski definition) is 1. The minimum Gasteiger partial charge on any atom is -0.301 e. The number of rotatable bonds is 1. The highest BCUT2D eigenvalue weighted by Crippen LogP contribution is 1.82. The fourth-order valence-corrected chi connectivity index (χ4v) is 0. The summed E-state index contributed by atoms with van der Waals surface area (Å²) in [5, 5.41) is 0. The minimum atomic E-state index is 1.02. The Kier molecular flexibility index (Phi) is 70.5. The first-order chi connectivity index (χ1) is 8.87. The van der Waals surface area contributed by atoms with Crippen LogP contribution >= 0.6 is 0 Å². The highest BCUT2D eigenvalue weighted by atomic mass is 14.6. The van der Waals surface area contributed by atoms with Crippen molar-refractivity contribution in [2.24, 2.45) is 4.99 Å². The van der Waals surface area contributed by atoms with Gasteiger partial charge in [-0.1, -0.05) is 56.7 Å². The molecule has 0 heterocycles. The van der Waals surface area contributed by atoms with E-state index in [4.69, 9.17) is 0 Å². The molecule has 0 aliphatic carbocycles. The Morgan fingerprint density at radius 2 is 1.21 bits per heavy atom. The van der Waals surface area contributed by atoms with Gasteiger partial charge < -0.3 is 4.99 Å². The van der Waals surface area contributed by atoms with Crippen LogP contribution in [0.25, 0.3) is 0 Å². The summed E-state index contributed by atoms with van der Waals surface area (Å²) >= 11 is 0. The van der Waals surface area contributed by atoms with Crippen molar-refractivity contribution in [1.82, 2.24) is 0 Å². The first-order valence-corrected chi connectivity index (χ1v) is 6.61. The van der Waals surface area contributed by atoms with Crippen LogP contribution in [-0.4, -0.2) is 13.3 Å². The third-order valence-electron chi connectivity index (χ3n) is 1.18. The molecule has 114 valence electrons. The van der Waals surface area contributed by atoms with Crippen LogP contribution in [0.3, 0.4) is 0 Å². The molecule has 0 N–H and O–H groups in total. The molecule has 0 rings (SSSR count). The van der Waals surface area contributed by atoms with E-state index in [0.717, 1.165) is 5.57 Å². The standard InChI is InChI=1S/C5H10.C5H8.C3H7N.C3H8.C2H4/c2*1-4-5(2)3;1-3-4-2;1-3-2;1-2/h4H,1-3H3;4H,1-2H2,3H3;3H,1-2H3;3H2,1-2H3;1-2H2. The first-order valence-electron chi connectivity index (χ1n) is 6.61. The fourth-order valence-electron chi connectivity index (χ4n) is 0. The Morgan fingerprint density at radius 1 is 1.05 bits per heavy atom. The minimum absolute atomic E-state index is 1.02. The predicted octanol–water partition coefficient (Wildman–Crippen LogP) is 6.65. The lowest BCUT2D eigenvalue weighted by atomic mass is 10.3. The quantitative estimate of drug-likeness (QED) is 0.286. The lowest BCUT2D eigenvalue weighted by Gasteiger charge is -1.74. The predicted molar refractivity (Wildman–Crippen MR) is 97.4 cm³/mol. The van der Waals surface area contributed by atoms with Gasteiger partial charge in [0.25, 0.3) is 0 Å². The maximum atomic E-state index is 3.61. The summed E-state index contributed by atoms with van der Waals surface area (Å²) in [4.78, 5) is 3.61. The zero-order chi connectivity index (χ0) is 16.7. The van der Waals surface area contributed by atoms with Crippen molar-refractivity contribution < 1.29 is 0 Å². The Hall–Kier alpha value is -1.37. The summed E-state index contributed by atoms with van der Waals surface area (Å²) in [5.41, 5.74) is 2.40. The van der Waals surface area contributed by atoms with Crippen LogP contribution in [0.4, 0.5) is 0 Å². The smallest absolute Gasteiger partial charge is 0.0273 e. The maximum absolute atomic E-state index is 3.61. The van der Waals surface area contributed by atoms with Gasteiger partial charge in [0.05, 0.1) is 0 Å². The highest BCUT2D eigenvalue weighted by molar-refractivity contribution is 5.52. The van der Waals surface area contributed by atoms with Gasteiger partial charge in [-0.05, 0) is 40.8 Å². The molecule has 0 bridgehead atoms. The van der Waals surface area contributed by atoms with Crippen molar-refractivity contribution in [3.8, 4) is 0 Å². The second-order valence-electron chi connectivity index (χ2n) is 3.64. The van der Waals surface area contributed by atoms with Gasteiger partial charge in [-0.3, -0.25) is 0 Å². The molecule has 0 aromatic carbocycles. The molecule has 19 heavy (non-hydrogen) atoms. The van der Waals surface area contributed by atoms with Crippen molar-refractivity contribution in [1.29, 1.82) is 0 Å². The summed E-state index contributed by atoms with van der Waals surface area (Å²) in [5.74, 6) is 0. The Morgan fingerprint density at radius 3 is 1.21 bits per heavy atom. The Bertz CT molecular complexity index is 202. The van der Waals surface area contributed by atoms with Crippen LogP contribution in [0.1, 0.15) is 54.9 Å². The SMILES string of the molecule is C=C.C=CC(=C)C.CC=C(C)C.CC=NC.CCC. The van der Waals surface area contributed by atoms with Crippen molar-refractivity contribution >= 4 is 6.21 Å². The van der Waals surface area contributed by atoms with Gasteiger partial charge in [-0.25, -0.2) is 0 Å². The monoisotopic (exact) mass is 267 g/mol. The van der Waals surface area contributed by atoms with Crippen LogP contribution < -0.4 is 0 Å². The molecular formula is C18H37N. The molecule has 0 aliphatic rings. The van der Waals surface area contributed by atoms with Crippen molar-refractivity contribution in [3.05, 3.63) is 49.6 Å². The van der Waals surface area contributed by atoms with E-state index in [0.29, 0.717) is 0 Å². The van der Waals surface area contributed by atoms with E-state index in [9.17, 15) is 0 Å². The summed E-state index contributed by atoms with van der Waals surface area (Å²) < 4.78 is 0. The Labute approximate surface area is 123 Å². The van der Waals surface area contributed by atoms with Gasteiger partial charge in [-0.2, -0.15) is 0 Å². The summed E-state index contributed by atoms with van der Waals surface area (Å²) in [6.07, 6.45) is 6.81. The van der Waals surface area contributed by atoms with Crippen LogP contribution in [0, 0.1) is 0 Å². The van der Waals surface area contributed by atoms with Gasteiger partial charge in [0.2, 0.25) is 0 Å². The van der Waals surface area contributed by atoms with Gasteiger partial charge in [-0.15, -0.1) is 13.2 Å². The number of allylic oxidation sites excluding steroid dienone is 4. The van der Waals surface area contributed by atoms with E-state index in [2.05, 4.69) is 65.1 Å². The molecular weight excluding hydrogens is 230 g/mol. The van der Waals surface area contributed by atoms with Crippen LogP contribution in [0.5, 0.6) is 0 Å². The van der Waals surface area contributed by atoms with E-state index < -0.39 is 0 Å². The molecule has 1 nitrogen and oxygen atoms in total. The van der Waals surface area contributed by atoms with Crippen LogP contribution in [-0.2, 0) is 0 Å². The summed E-state index contributed by atoms with van der Waals surface area (Å²) in [6, 6.07) is 0. The third-order valence-corrected chi connectivity index (χ3v) is 1.18. The van der Waals surface area contributed by atoms with Crippen LogP contribution in [0.2, 0.25) is 0 Å². The second-order valence-corrected chi connectivity index (χ2v) is 3.64. The number of nitrogens with zero attached hydrogens (tertiary/aromatic N) is 1. The second kappa shape index (κ2) is 43.8. The summed E-state index contributed by atoms with van der Waals surface area (Å²) in [7, 11) is 1.75. The summed E-state index contributed by atoms with van der Waals surface area (Å²) in [6.45, 7) is 27.3. The van der Waals surface area contributed by atoms with Gasteiger partial charge in [0, 0.05) is 7.05 Å². The molecule has 0 saturated carbocycles. The molecule has 0 saturated heterocycles. The molecule has 0 spiro atoms. The van der Waals surface area contributed by atoms with Crippen molar-refractivity contribution in [2.75, 3.05) is 7.05 Å². The van der Waals surface area contributed by atoms with Crippen LogP contribution in [0.15, 0.2) is 54.6 Å². The maximum Gasteiger partial charge on any atom is 0.0273 e. The largest absolute Gasteiger partial charge is 0.301 e. The van der Waals surface area contributed by atoms with Crippen molar-refractivity contribution in [3.63, 3.8) is 0 Å². The normalized spacial score (nSPS) is 6.74. The Balaban J connectivity index is -0.0000000446. The van der Waals surface area contributed by atoms with Crippen molar-refractivity contribution in [2.45, 2.75) is 54.9 Å². The average molecular weight is 268 g/mol. The molecule has 0 aromatic heterocycles.